The highest BCUT2D eigenvalue weighted by molar-refractivity contribution is 7.09. The molecule has 0 aliphatic rings. The fourth-order valence-corrected chi connectivity index (χ4v) is 2.56. The van der Waals surface area contributed by atoms with Gasteiger partial charge in [-0.25, -0.2) is 0 Å². The minimum absolute atomic E-state index is 0.581. The maximum atomic E-state index is 3.24. The fourth-order valence-electron chi connectivity index (χ4n) is 1.84. The van der Waals surface area contributed by atoms with E-state index in [1.807, 2.05) is 18.4 Å². The summed E-state index contributed by atoms with van der Waals surface area (Å²) in [5, 5.41) is 5.39. The van der Waals surface area contributed by atoms with E-state index in [9.17, 15) is 0 Å². The Kier molecular flexibility index (Phi) is 5.29. The van der Waals surface area contributed by atoms with E-state index in [4.69, 9.17) is 0 Å². The molecule has 0 bridgehead atoms. The summed E-state index contributed by atoms with van der Waals surface area (Å²) in [5.74, 6) is 0. The van der Waals surface area contributed by atoms with Gasteiger partial charge in [-0.2, -0.15) is 0 Å². The lowest BCUT2D eigenvalue weighted by Crippen LogP contribution is -2.42. The molecule has 0 aliphatic carbocycles. The Morgan fingerprint density at radius 1 is 1.40 bits per heavy atom. The van der Waals surface area contributed by atoms with Gasteiger partial charge < -0.3 is 5.32 Å². The smallest absolute Gasteiger partial charge is 0.0333 e. The average Bonchev–Trinajstić information content (AvgIpc) is 2.66. The molecule has 1 atom stereocenters. The maximum absolute atomic E-state index is 3.24. The zero-order valence-electron chi connectivity index (χ0n) is 10.2. The van der Waals surface area contributed by atoms with Crippen molar-refractivity contribution < 1.29 is 0 Å². The number of hydrogen-bond donors (Lipinski definition) is 1. The van der Waals surface area contributed by atoms with Crippen LogP contribution in [0.15, 0.2) is 17.5 Å². The molecule has 1 N–H and O–H groups in total. The van der Waals surface area contributed by atoms with Crippen LogP contribution in [0.2, 0.25) is 0 Å². The van der Waals surface area contributed by atoms with E-state index < -0.39 is 0 Å². The van der Waals surface area contributed by atoms with Crippen LogP contribution >= 0.6 is 11.3 Å². The molecule has 0 saturated carbocycles. The van der Waals surface area contributed by atoms with Gasteiger partial charge >= 0.3 is 0 Å². The summed E-state index contributed by atoms with van der Waals surface area (Å²) in [7, 11) is 2.01. The number of nitrogens with one attached hydrogen (secondary N) is 1. The molecule has 1 aromatic rings. The largest absolute Gasteiger partial charge is 0.318 e. The maximum Gasteiger partial charge on any atom is 0.0333 e. The Hall–Kier alpha value is -0.380. The van der Waals surface area contributed by atoms with Gasteiger partial charge in [0.25, 0.3) is 0 Å². The van der Waals surface area contributed by atoms with Gasteiger partial charge in [-0.15, -0.1) is 11.3 Å². The zero-order valence-corrected chi connectivity index (χ0v) is 11.0. The van der Waals surface area contributed by atoms with Crippen LogP contribution in [-0.2, 0) is 6.54 Å². The fraction of sp³-hybridized carbons (Fsp3) is 0.667. The van der Waals surface area contributed by atoms with Crippen molar-refractivity contribution in [3.8, 4) is 0 Å². The van der Waals surface area contributed by atoms with Crippen molar-refractivity contribution in [2.75, 3.05) is 13.6 Å². The number of thiophene rings is 1. The Labute approximate surface area is 97.3 Å². The van der Waals surface area contributed by atoms with Crippen molar-refractivity contribution >= 4 is 11.3 Å². The molecular formula is C12H22N2S. The Balaban J connectivity index is 2.58. The number of hydrogen-bond acceptors (Lipinski definition) is 3. The quantitative estimate of drug-likeness (QED) is 0.802. The first kappa shape index (κ1) is 12.7. The lowest BCUT2D eigenvalue weighted by atomic mass is 10.2. The van der Waals surface area contributed by atoms with Gasteiger partial charge in [0.15, 0.2) is 0 Å². The lowest BCUT2D eigenvalue weighted by molar-refractivity contribution is 0.155. The van der Waals surface area contributed by atoms with E-state index in [1.54, 1.807) is 0 Å². The highest BCUT2D eigenvalue weighted by atomic mass is 32.1. The molecule has 1 aromatic heterocycles. The van der Waals surface area contributed by atoms with Crippen molar-refractivity contribution in [3.63, 3.8) is 0 Å². The van der Waals surface area contributed by atoms with Crippen molar-refractivity contribution in [2.45, 2.75) is 39.4 Å². The van der Waals surface area contributed by atoms with Gasteiger partial charge in [0.1, 0.15) is 0 Å². The summed E-state index contributed by atoms with van der Waals surface area (Å²) < 4.78 is 0. The van der Waals surface area contributed by atoms with Crippen LogP contribution in [0.4, 0.5) is 0 Å². The van der Waals surface area contributed by atoms with Crippen LogP contribution in [0, 0.1) is 0 Å². The van der Waals surface area contributed by atoms with E-state index in [-0.39, 0.29) is 0 Å². The van der Waals surface area contributed by atoms with E-state index in [2.05, 4.69) is 48.5 Å². The second-order valence-corrected chi connectivity index (χ2v) is 5.28. The highest BCUT2D eigenvalue weighted by Gasteiger charge is 2.16. The van der Waals surface area contributed by atoms with Gasteiger partial charge in [0.2, 0.25) is 0 Å². The standard InChI is InChI=1S/C12H22N2S/c1-10(2)14(11(3)8-13-4)9-12-6-5-7-15-12/h5-7,10-11,13H,8-9H2,1-4H3. The average molecular weight is 226 g/mol. The molecule has 0 aliphatic heterocycles. The van der Waals surface area contributed by atoms with Crippen LogP contribution in [-0.4, -0.2) is 30.6 Å². The lowest BCUT2D eigenvalue weighted by Gasteiger charge is -2.32. The molecule has 1 rings (SSSR count). The number of rotatable bonds is 6. The molecule has 0 radical (unpaired) electrons. The second-order valence-electron chi connectivity index (χ2n) is 4.25. The van der Waals surface area contributed by atoms with E-state index in [1.165, 1.54) is 4.88 Å². The third-order valence-electron chi connectivity index (χ3n) is 2.65. The first-order valence-corrected chi connectivity index (χ1v) is 6.45. The molecule has 15 heavy (non-hydrogen) atoms. The number of likely N-dealkylation sites (N-methyl/N-ethyl adjacent to an activating group) is 1. The molecule has 2 nitrogen and oxygen atoms in total. The minimum atomic E-state index is 0.581. The molecule has 0 amide bonds. The van der Waals surface area contributed by atoms with Gasteiger partial charge in [-0.05, 0) is 39.3 Å². The molecule has 0 aromatic carbocycles. The summed E-state index contributed by atoms with van der Waals surface area (Å²) in [6.07, 6.45) is 0. The van der Waals surface area contributed by atoms with Crippen LogP contribution in [0.25, 0.3) is 0 Å². The number of nitrogens with zero attached hydrogens (tertiary/aromatic N) is 1. The van der Waals surface area contributed by atoms with Crippen LogP contribution in [0.3, 0.4) is 0 Å². The predicted octanol–water partition coefficient (Wildman–Crippen LogP) is 2.57. The Morgan fingerprint density at radius 3 is 2.60 bits per heavy atom. The monoisotopic (exact) mass is 226 g/mol. The molecular weight excluding hydrogens is 204 g/mol. The second kappa shape index (κ2) is 6.26. The zero-order chi connectivity index (χ0) is 11.3. The Bertz CT molecular complexity index is 257. The summed E-state index contributed by atoms with van der Waals surface area (Å²) in [6.45, 7) is 8.92. The van der Waals surface area contributed by atoms with Crippen LogP contribution < -0.4 is 5.32 Å². The normalized spacial score (nSPS) is 13.7. The molecule has 0 fully saturated rings. The molecule has 1 heterocycles. The Morgan fingerprint density at radius 2 is 2.13 bits per heavy atom. The molecule has 0 spiro atoms. The molecule has 0 saturated heterocycles. The summed E-state index contributed by atoms with van der Waals surface area (Å²) in [6, 6.07) is 5.51. The first-order chi connectivity index (χ1) is 7.15. The van der Waals surface area contributed by atoms with Crippen molar-refractivity contribution in [1.82, 2.24) is 10.2 Å². The summed E-state index contributed by atoms with van der Waals surface area (Å²) in [4.78, 5) is 3.98. The predicted molar refractivity (Wildman–Crippen MR) is 68.4 cm³/mol. The third kappa shape index (κ3) is 3.93. The van der Waals surface area contributed by atoms with Crippen molar-refractivity contribution in [3.05, 3.63) is 22.4 Å². The van der Waals surface area contributed by atoms with Crippen molar-refractivity contribution in [1.29, 1.82) is 0 Å². The van der Waals surface area contributed by atoms with E-state index in [0.717, 1.165) is 13.1 Å². The van der Waals surface area contributed by atoms with Gasteiger partial charge in [-0.1, -0.05) is 6.07 Å². The third-order valence-corrected chi connectivity index (χ3v) is 3.51. The first-order valence-electron chi connectivity index (χ1n) is 5.58. The summed E-state index contributed by atoms with van der Waals surface area (Å²) >= 11 is 1.84. The molecule has 86 valence electrons. The van der Waals surface area contributed by atoms with Crippen LogP contribution in [0.1, 0.15) is 25.6 Å². The molecule has 1 unspecified atom stereocenters. The summed E-state index contributed by atoms with van der Waals surface area (Å²) in [5.41, 5.74) is 0. The van der Waals surface area contributed by atoms with Crippen molar-refractivity contribution in [2.24, 2.45) is 0 Å². The SMILES string of the molecule is CNCC(C)N(Cc1cccs1)C(C)C. The van der Waals surface area contributed by atoms with Crippen LogP contribution in [0.5, 0.6) is 0 Å². The van der Waals surface area contributed by atoms with Gasteiger partial charge in [0.05, 0.1) is 0 Å². The van der Waals surface area contributed by atoms with Gasteiger partial charge in [-0.3, -0.25) is 4.90 Å². The van der Waals surface area contributed by atoms with E-state index >= 15 is 0 Å². The molecule has 3 heteroatoms. The minimum Gasteiger partial charge on any atom is -0.318 e. The topological polar surface area (TPSA) is 15.3 Å². The van der Waals surface area contributed by atoms with Gasteiger partial charge in [0, 0.05) is 30.1 Å². The highest BCUT2D eigenvalue weighted by Crippen LogP contribution is 2.15. The van der Waals surface area contributed by atoms with E-state index in [0.29, 0.717) is 12.1 Å².